The molecule has 2 rings (SSSR count). The maximum absolute atomic E-state index is 12.4. The molecule has 0 aliphatic carbocycles. The van der Waals surface area contributed by atoms with Crippen LogP contribution in [0.3, 0.4) is 0 Å². The highest BCUT2D eigenvalue weighted by Gasteiger charge is 2.15. The van der Waals surface area contributed by atoms with Gasteiger partial charge in [0.15, 0.2) is 5.75 Å². The summed E-state index contributed by atoms with van der Waals surface area (Å²) in [7, 11) is 2.96. The van der Waals surface area contributed by atoms with Gasteiger partial charge in [-0.05, 0) is 30.3 Å². The Kier molecular flexibility index (Phi) is 4.94. The maximum atomic E-state index is 12.4. The molecule has 1 amide bonds. The molecule has 21 heavy (non-hydrogen) atoms. The molecule has 2 aromatic rings. The second kappa shape index (κ2) is 6.70. The molecule has 2 aromatic carbocycles. The van der Waals surface area contributed by atoms with E-state index in [0.717, 1.165) is 0 Å². The highest BCUT2D eigenvalue weighted by Crippen LogP contribution is 2.33. The lowest BCUT2D eigenvalue weighted by Crippen LogP contribution is -2.14. The Morgan fingerprint density at radius 1 is 1.10 bits per heavy atom. The monoisotopic (exact) mass is 325 g/mol. The third-order valence-corrected chi connectivity index (χ3v) is 3.36. The van der Waals surface area contributed by atoms with Crippen LogP contribution in [0, 0.1) is 0 Å². The Bertz CT molecular complexity index is 674. The fraction of sp³-hybridized carbons (Fsp3) is 0.133. The standard InChI is InChI=1S/C15H13Cl2NO3/c1-20-13-8-9(16)6-7-10(13)15(19)18-12-5-3-4-11(17)14(12)21-2/h3-8H,1-2H3,(H,18,19). The number of ether oxygens (including phenoxy) is 2. The Balaban J connectivity index is 2.33. The number of para-hydroxylation sites is 1. The molecule has 0 aliphatic heterocycles. The normalized spacial score (nSPS) is 10.1. The number of amides is 1. The van der Waals surface area contributed by atoms with E-state index in [-0.39, 0.29) is 5.91 Å². The van der Waals surface area contributed by atoms with E-state index in [9.17, 15) is 4.79 Å². The minimum atomic E-state index is -0.343. The number of halogens is 2. The molecule has 0 saturated carbocycles. The van der Waals surface area contributed by atoms with Gasteiger partial charge < -0.3 is 14.8 Å². The number of carbonyl (C=O) groups is 1. The third-order valence-electron chi connectivity index (χ3n) is 2.83. The van der Waals surface area contributed by atoms with Crippen molar-refractivity contribution in [1.29, 1.82) is 0 Å². The largest absolute Gasteiger partial charge is 0.496 e. The molecule has 1 N–H and O–H groups in total. The fourth-order valence-corrected chi connectivity index (χ4v) is 2.27. The van der Waals surface area contributed by atoms with Crippen LogP contribution in [0.5, 0.6) is 11.5 Å². The van der Waals surface area contributed by atoms with E-state index in [4.69, 9.17) is 32.7 Å². The third kappa shape index (κ3) is 3.40. The summed E-state index contributed by atoms with van der Waals surface area (Å²) in [5.74, 6) is 0.450. The van der Waals surface area contributed by atoms with Crippen LogP contribution in [0.4, 0.5) is 5.69 Å². The Morgan fingerprint density at radius 2 is 1.86 bits per heavy atom. The molecule has 0 aliphatic rings. The lowest BCUT2D eigenvalue weighted by Gasteiger charge is -2.13. The molecule has 0 saturated heterocycles. The molecule has 0 radical (unpaired) electrons. The van der Waals surface area contributed by atoms with Crippen LogP contribution < -0.4 is 14.8 Å². The Morgan fingerprint density at radius 3 is 2.52 bits per heavy atom. The van der Waals surface area contributed by atoms with Crippen LogP contribution in [0.2, 0.25) is 10.0 Å². The van der Waals surface area contributed by atoms with E-state index < -0.39 is 0 Å². The van der Waals surface area contributed by atoms with Crippen molar-refractivity contribution in [3.63, 3.8) is 0 Å². The van der Waals surface area contributed by atoms with Crippen LogP contribution in [0.15, 0.2) is 36.4 Å². The van der Waals surface area contributed by atoms with E-state index in [0.29, 0.717) is 32.8 Å². The fourth-order valence-electron chi connectivity index (χ4n) is 1.86. The van der Waals surface area contributed by atoms with Crippen molar-refractivity contribution in [3.05, 3.63) is 52.0 Å². The minimum absolute atomic E-state index is 0.343. The number of nitrogens with one attached hydrogen (secondary N) is 1. The summed E-state index contributed by atoms with van der Waals surface area (Å²) in [5.41, 5.74) is 0.843. The van der Waals surface area contributed by atoms with Gasteiger partial charge in [-0.2, -0.15) is 0 Å². The molecule has 0 unspecified atom stereocenters. The van der Waals surface area contributed by atoms with Crippen molar-refractivity contribution >= 4 is 34.8 Å². The molecule has 0 aromatic heterocycles. The van der Waals surface area contributed by atoms with E-state index in [2.05, 4.69) is 5.32 Å². The second-order valence-corrected chi connectivity index (χ2v) is 4.96. The van der Waals surface area contributed by atoms with E-state index in [1.807, 2.05) is 0 Å². The van der Waals surface area contributed by atoms with Crippen LogP contribution in [-0.2, 0) is 0 Å². The van der Waals surface area contributed by atoms with Gasteiger partial charge in [0, 0.05) is 5.02 Å². The molecule has 6 heteroatoms. The summed E-state index contributed by atoms with van der Waals surface area (Å²) in [6.45, 7) is 0. The molecule has 0 atom stereocenters. The first kappa shape index (κ1) is 15.5. The highest BCUT2D eigenvalue weighted by atomic mass is 35.5. The molecule has 4 nitrogen and oxygen atoms in total. The Hall–Kier alpha value is -1.91. The molecule has 0 heterocycles. The second-order valence-electron chi connectivity index (χ2n) is 4.12. The number of rotatable bonds is 4. The molecule has 0 fully saturated rings. The van der Waals surface area contributed by atoms with Gasteiger partial charge in [-0.25, -0.2) is 0 Å². The van der Waals surface area contributed by atoms with E-state index in [1.165, 1.54) is 14.2 Å². The maximum Gasteiger partial charge on any atom is 0.259 e. The predicted molar refractivity (Wildman–Crippen MR) is 84.0 cm³/mol. The number of hydrogen-bond acceptors (Lipinski definition) is 3. The lowest BCUT2D eigenvalue weighted by atomic mass is 10.1. The van der Waals surface area contributed by atoms with Crippen molar-refractivity contribution in [1.82, 2.24) is 0 Å². The summed E-state index contributed by atoms with van der Waals surface area (Å²) >= 11 is 11.9. The van der Waals surface area contributed by atoms with Crippen molar-refractivity contribution in [2.45, 2.75) is 0 Å². The average Bonchev–Trinajstić information content (AvgIpc) is 2.47. The van der Waals surface area contributed by atoms with Crippen molar-refractivity contribution < 1.29 is 14.3 Å². The van der Waals surface area contributed by atoms with Gasteiger partial charge in [0.2, 0.25) is 0 Å². The van der Waals surface area contributed by atoms with Crippen LogP contribution in [-0.4, -0.2) is 20.1 Å². The smallest absolute Gasteiger partial charge is 0.259 e. The first-order valence-electron chi connectivity index (χ1n) is 6.04. The minimum Gasteiger partial charge on any atom is -0.496 e. The summed E-state index contributed by atoms with van der Waals surface area (Å²) in [6, 6.07) is 9.89. The topological polar surface area (TPSA) is 47.6 Å². The SMILES string of the molecule is COc1cc(Cl)ccc1C(=O)Nc1cccc(Cl)c1OC. The highest BCUT2D eigenvalue weighted by molar-refractivity contribution is 6.32. The first-order valence-corrected chi connectivity index (χ1v) is 6.79. The molecular weight excluding hydrogens is 313 g/mol. The first-order chi connectivity index (χ1) is 10.1. The van der Waals surface area contributed by atoms with E-state index >= 15 is 0 Å². The predicted octanol–water partition coefficient (Wildman–Crippen LogP) is 4.26. The van der Waals surface area contributed by atoms with Gasteiger partial charge in [0.1, 0.15) is 5.75 Å². The van der Waals surface area contributed by atoms with Crippen molar-refractivity contribution in [3.8, 4) is 11.5 Å². The van der Waals surface area contributed by atoms with Crippen molar-refractivity contribution in [2.24, 2.45) is 0 Å². The van der Waals surface area contributed by atoms with Gasteiger partial charge in [0.25, 0.3) is 5.91 Å². The van der Waals surface area contributed by atoms with Crippen molar-refractivity contribution in [2.75, 3.05) is 19.5 Å². The van der Waals surface area contributed by atoms with Gasteiger partial charge in [-0.15, -0.1) is 0 Å². The zero-order valence-corrected chi connectivity index (χ0v) is 13.0. The summed E-state index contributed by atoms with van der Waals surface area (Å²) in [5, 5.41) is 3.65. The summed E-state index contributed by atoms with van der Waals surface area (Å²) in [6.07, 6.45) is 0. The van der Waals surface area contributed by atoms with E-state index in [1.54, 1.807) is 36.4 Å². The zero-order chi connectivity index (χ0) is 15.4. The Labute approximate surface area is 132 Å². The van der Waals surface area contributed by atoms with Gasteiger partial charge in [-0.3, -0.25) is 4.79 Å². The lowest BCUT2D eigenvalue weighted by molar-refractivity contribution is 0.102. The van der Waals surface area contributed by atoms with Crippen LogP contribution in [0.25, 0.3) is 0 Å². The molecule has 0 spiro atoms. The van der Waals surface area contributed by atoms with Gasteiger partial charge in [-0.1, -0.05) is 29.3 Å². The van der Waals surface area contributed by atoms with Crippen LogP contribution >= 0.6 is 23.2 Å². The quantitative estimate of drug-likeness (QED) is 0.913. The zero-order valence-electron chi connectivity index (χ0n) is 11.4. The summed E-state index contributed by atoms with van der Waals surface area (Å²) in [4.78, 5) is 12.4. The summed E-state index contributed by atoms with van der Waals surface area (Å²) < 4.78 is 10.4. The van der Waals surface area contributed by atoms with Crippen LogP contribution in [0.1, 0.15) is 10.4 Å². The molecular formula is C15H13Cl2NO3. The number of hydrogen-bond donors (Lipinski definition) is 1. The number of methoxy groups -OCH3 is 2. The molecule has 110 valence electrons. The van der Waals surface area contributed by atoms with Gasteiger partial charge >= 0.3 is 0 Å². The average molecular weight is 326 g/mol. The van der Waals surface area contributed by atoms with Gasteiger partial charge in [0.05, 0.1) is 30.5 Å². The molecule has 0 bridgehead atoms. The number of anilines is 1. The number of carbonyl (C=O) groups excluding carboxylic acids is 1. The number of benzene rings is 2.